The Morgan fingerprint density at radius 2 is 1.09 bits per heavy atom. The van der Waals surface area contributed by atoms with Crippen molar-refractivity contribution >= 4 is 76.0 Å². The first-order valence-corrected chi connectivity index (χ1v) is 26.2. The van der Waals surface area contributed by atoms with Crippen molar-refractivity contribution in [2.75, 3.05) is 39.3 Å². The number of nitrogens with zero attached hydrogens (tertiary/aromatic N) is 1. The predicted molar refractivity (Wildman–Crippen MR) is 290 cm³/mol. The Balaban J connectivity index is 2.23. The van der Waals surface area contributed by atoms with Crippen LogP contribution in [0.25, 0.3) is 10.9 Å². The van der Waals surface area contributed by atoms with Crippen LogP contribution in [-0.2, 0) is 54.4 Å². The summed E-state index contributed by atoms with van der Waals surface area (Å²) >= 11 is 0. The second kappa shape index (κ2) is 35.1. The molecule has 0 unspecified atom stereocenters. The van der Waals surface area contributed by atoms with Crippen LogP contribution >= 0.6 is 0 Å². The van der Waals surface area contributed by atoms with Gasteiger partial charge in [0.15, 0.2) is 5.96 Å². The van der Waals surface area contributed by atoms with E-state index in [2.05, 4.69) is 57.8 Å². The Bertz CT molecular complexity index is 2340. The van der Waals surface area contributed by atoms with E-state index in [1.165, 1.54) is 6.92 Å². The van der Waals surface area contributed by atoms with Crippen LogP contribution < -0.4 is 76.5 Å². The highest BCUT2D eigenvalue weighted by Crippen LogP contribution is 2.20. The van der Waals surface area contributed by atoms with Crippen LogP contribution in [0, 0.1) is 11.8 Å². The van der Waals surface area contributed by atoms with Crippen LogP contribution in [0.3, 0.4) is 0 Å². The minimum atomic E-state index is -1.66. The molecule has 0 aliphatic carbocycles. The Kier molecular flexibility index (Phi) is 30.0. The summed E-state index contributed by atoms with van der Waals surface area (Å²) in [6.45, 7) is 6.92. The molecule has 0 bridgehead atoms. The van der Waals surface area contributed by atoms with Crippen LogP contribution in [-0.4, -0.2) is 168 Å². The fourth-order valence-corrected chi connectivity index (χ4v) is 7.78. The average Bonchev–Trinajstić information content (AvgIpc) is 3.80. The minimum Gasteiger partial charge on any atom is -0.480 e. The van der Waals surface area contributed by atoms with Gasteiger partial charge in [-0.15, -0.1) is 0 Å². The molecule has 9 amide bonds. The molecule has 1 heterocycles. The number of para-hydroxylation sites is 1. The Hall–Kier alpha value is -7.43. The number of amides is 9. The molecular formula is C50H84N16O12. The number of rotatable bonds is 37. The Morgan fingerprint density at radius 3 is 1.65 bits per heavy atom. The number of H-pyrrole nitrogens is 1. The van der Waals surface area contributed by atoms with E-state index in [0.29, 0.717) is 55.2 Å². The molecule has 0 aliphatic rings. The van der Waals surface area contributed by atoms with Crippen molar-refractivity contribution in [3.8, 4) is 0 Å². The maximum atomic E-state index is 14.3. The van der Waals surface area contributed by atoms with Crippen LogP contribution in [0.4, 0.5) is 0 Å². The van der Waals surface area contributed by atoms with Gasteiger partial charge in [0.05, 0.1) is 25.7 Å². The predicted octanol–water partition coefficient (Wildman–Crippen LogP) is -4.23. The number of aromatic nitrogens is 1. The van der Waals surface area contributed by atoms with E-state index < -0.39 is 127 Å². The molecule has 78 heavy (non-hydrogen) atoms. The highest BCUT2D eigenvalue weighted by Gasteiger charge is 2.33. The van der Waals surface area contributed by atoms with Gasteiger partial charge in [-0.3, -0.25) is 48.1 Å². The van der Waals surface area contributed by atoms with E-state index in [4.69, 9.17) is 28.7 Å². The number of aliphatic carboxylic acids is 1. The van der Waals surface area contributed by atoms with Crippen LogP contribution in [0.15, 0.2) is 35.5 Å². The van der Waals surface area contributed by atoms with Crippen molar-refractivity contribution in [3.05, 3.63) is 36.0 Å². The number of hydrogen-bond acceptors (Lipinski definition) is 15. The number of benzene rings is 1. The molecule has 0 fully saturated rings. The molecule has 0 saturated carbocycles. The normalized spacial score (nSPS) is 14.2. The molecule has 2 rings (SSSR count). The maximum absolute atomic E-state index is 14.3. The van der Waals surface area contributed by atoms with E-state index in [0.717, 1.165) is 0 Å². The molecule has 436 valence electrons. The van der Waals surface area contributed by atoms with Crippen molar-refractivity contribution in [2.24, 2.45) is 45.5 Å². The number of carbonyl (C=O) groups is 10. The second-order valence-electron chi connectivity index (χ2n) is 19.7. The number of carbonyl (C=O) groups excluding carboxylic acids is 9. The standard InChI is InChI=1S/C50H84N16O12/c1-27(2)21-36(44(72)59-25-40(69)61-34(16-9-11-19-52)45(73)63-35(49(77)78)17-12-20-56-50(54)55)64-46(74)37(22-30-23-57-32-14-7-6-13-31(30)32)65-47(75)38(26-67)66-42(70)29(5)60-39(68)24-58-43(71)33(15-8-10-18-51)62-48(76)41(53)28(3)4/h6-7,13-14,23,27-29,33-38,41,57,67H,8-12,15-22,24-26,51-53H2,1-5H3,(H,58,71)(H,59,72)(H,60,68)(H,61,69)(H,62,76)(H,63,73)(H,64,74)(H,65,75)(H,66,70)(H,77,78)(H4,54,55,56)/t29-,33-,34-,35-,36-,37-,38-,41-/m0/s1. The molecule has 0 saturated heterocycles. The number of aromatic amines is 1. The van der Waals surface area contributed by atoms with Crippen LogP contribution in [0.2, 0.25) is 0 Å². The lowest BCUT2D eigenvalue weighted by Crippen LogP contribution is -2.60. The van der Waals surface area contributed by atoms with Gasteiger partial charge in [-0.25, -0.2) is 4.79 Å². The number of aliphatic hydroxyl groups is 1. The van der Waals surface area contributed by atoms with Gasteiger partial charge in [-0.1, -0.05) is 45.9 Å². The quantitative estimate of drug-likeness (QED) is 0.0173. The van der Waals surface area contributed by atoms with Gasteiger partial charge in [0.1, 0.15) is 42.3 Å². The van der Waals surface area contributed by atoms with Crippen molar-refractivity contribution in [2.45, 2.75) is 147 Å². The number of carboxylic acid groups (broad SMARTS) is 1. The molecule has 28 nitrogen and oxygen atoms in total. The number of nitrogens with two attached hydrogens (primary N) is 5. The number of nitrogens with one attached hydrogen (secondary N) is 10. The zero-order chi connectivity index (χ0) is 58.5. The molecule has 22 N–H and O–H groups in total. The maximum Gasteiger partial charge on any atom is 0.326 e. The number of guanidine groups is 1. The lowest BCUT2D eigenvalue weighted by Gasteiger charge is -2.26. The van der Waals surface area contributed by atoms with Gasteiger partial charge in [0.25, 0.3) is 0 Å². The van der Waals surface area contributed by atoms with E-state index >= 15 is 0 Å². The number of carboxylic acids is 1. The third-order valence-corrected chi connectivity index (χ3v) is 12.3. The number of aliphatic hydroxyl groups excluding tert-OH is 1. The lowest BCUT2D eigenvalue weighted by atomic mass is 10.0. The van der Waals surface area contributed by atoms with Gasteiger partial charge in [-0.05, 0) is 101 Å². The summed E-state index contributed by atoms with van der Waals surface area (Å²) in [5.74, 6) is -9.09. The SMILES string of the molecule is CC(C)C[C@H](NC(=O)[C@H](Cc1c[nH]c2ccccc12)NC(=O)[C@H](CO)NC(=O)[C@H](C)NC(=O)CNC(=O)[C@H](CCCCN)NC(=O)[C@@H](N)C(C)C)C(=O)NCC(=O)N[C@@H](CCCCN)C(=O)N[C@@H](CCCN=C(N)N)C(=O)O. The topological polar surface area (TPSA) is 478 Å². The van der Waals surface area contributed by atoms with Crippen LogP contribution in [0.5, 0.6) is 0 Å². The molecule has 8 atom stereocenters. The number of unbranched alkanes of at least 4 members (excludes halogenated alkanes) is 2. The van der Waals surface area contributed by atoms with E-state index in [-0.39, 0.29) is 62.9 Å². The molecule has 0 spiro atoms. The van der Waals surface area contributed by atoms with Gasteiger partial charge < -0.3 is 91.7 Å². The third kappa shape index (κ3) is 24.3. The average molecular weight is 1100 g/mol. The highest BCUT2D eigenvalue weighted by atomic mass is 16.4. The largest absolute Gasteiger partial charge is 0.480 e. The summed E-state index contributed by atoms with van der Waals surface area (Å²) in [6.07, 6.45) is 4.01. The molecule has 28 heteroatoms. The summed E-state index contributed by atoms with van der Waals surface area (Å²) < 4.78 is 0. The summed E-state index contributed by atoms with van der Waals surface area (Å²) in [5.41, 5.74) is 29.1. The first-order valence-electron chi connectivity index (χ1n) is 26.2. The van der Waals surface area contributed by atoms with Crippen molar-refractivity contribution in [3.63, 3.8) is 0 Å². The minimum absolute atomic E-state index is 0.0187. The summed E-state index contributed by atoms with van der Waals surface area (Å²) in [6, 6.07) is -2.99. The molecule has 2 aromatic rings. The molecule has 1 aromatic carbocycles. The van der Waals surface area contributed by atoms with E-state index in [9.17, 15) is 58.2 Å². The Morgan fingerprint density at radius 1 is 0.590 bits per heavy atom. The number of fused-ring (bicyclic) bond motifs is 1. The van der Waals surface area contributed by atoms with Crippen molar-refractivity contribution in [1.29, 1.82) is 0 Å². The third-order valence-electron chi connectivity index (χ3n) is 12.3. The monoisotopic (exact) mass is 1100 g/mol. The fraction of sp³-hybridized carbons (Fsp3) is 0.620. The fourth-order valence-electron chi connectivity index (χ4n) is 7.78. The highest BCUT2D eigenvalue weighted by molar-refractivity contribution is 5.98. The Labute approximate surface area is 453 Å². The zero-order valence-electron chi connectivity index (χ0n) is 45.3. The summed E-state index contributed by atoms with van der Waals surface area (Å²) in [5, 5.41) is 43.3. The van der Waals surface area contributed by atoms with E-state index in [1.807, 2.05) is 0 Å². The number of hydrogen-bond donors (Lipinski definition) is 17. The molecular weight excluding hydrogens is 1020 g/mol. The summed E-state index contributed by atoms with van der Waals surface area (Å²) in [7, 11) is 0. The first kappa shape index (κ1) is 66.7. The van der Waals surface area contributed by atoms with Gasteiger partial charge in [0, 0.05) is 30.1 Å². The van der Waals surface area contributed by atoms with Gasteiger partial charge >= 0.3 is 5.97 Å². The lowest BCUT2D eigenvalue weighted by molar-refractivity contribution is -0.142. The molecule has 0 radical (unpaired) electrons. The van der Waals surface area contributed by atoms with Gasteiger partial charge in [-0.2, -0.15) is 0 Å². The van der Waals surface area contributed by atoms with Crippen molar-refractivity contribution < 1.29 is 58.2 Å². The van der Waals surface area contributed by atoms with Gasteiger partial charge in [0.2, 0.25) is 53.2 Å². The zero-order valence-corrected chi connectivity index (χ0v) is 45.3. The second-order valence-corrected chi connectivity index (χ2v) is 19.7. The molecule has 0 aliphatic heterocycles. The van der Waals surface area contributed by atoms with Crippen molar-refractivity contribution in [1.82, 2.24) is 52.8 Å². The first-order chi connectivity index (χ1) is 36.9. The number of aliphatic imine (C=N–C) groups is 1. The smallest absolute Gasteiger partial charge is 0.326 e. The summed E-state index contributed by atoms with van der Waals surface area (Å²) in [4.78, 5) is 139. The molecule has 1 aromatic heterocycles. The van der Waals surface area contributed by atoms with E-state index in [1.54, 1.807) is 58.2 Å². The van der Waals surface area contributed by atoms with Crippen LogP contribution in [0.1, 0.15) is 98.0 Å².